The van der Waals surface area contributed by atoms with Gasteiger partial charge in [-0.05, 0) is 66.6 Å². The number of hydrogen-bond acceptors (Lipinski definition) is 5. The van der Waals surface area contributed by atoms with Gasteiger partial charge in [0.1, 0.15) is 23.1 Å². The minimum Gasteiger partial charge on any atom is -0.508 e. The molecule has 0 radical (unpaired) electrons. The zero-order valence-electron chi connectivity index (χ0n) is 17.4. The number of aromatic hydroxyl groups is 1. The molecule has 1 amide bonds. The molecule has 1 saturated heterocycles. The van der Waals surface area contributed by atoms with Crippen molar-refractivity contribution in [3.8, 4) is 11.5 Å². The van der Waals surface area contributed by atoms with Crippen molar-refractivity contribution in [3.63, 3.8) is 0 Å². The van der Waals surface area contributed by atoms with E-state index in [1.54, 1.807) is 37.3 Å². The summed E-state index contributed by atoms with van der Waals surface area (Å²) in [6.45, 7) is 1.79. The third-order valence-electron chi connectivity index (χ3n) is 5.41. The molecular weight excluding hydrogens is 413 g/mol. The predicted octanol–water partition coefficient (Wildman–Crippen LogP) is 4.47. The van der Waals surface area contributed by atoms with Gasteiger partial charge in [0.2, 0.25) is 0 Å². The Morgan fingerprint density at radius 1 is 1.03 bits per heavy atom. The molecule has 1 fully saturated rings. The third kappa shape index (κ3) is 3.58. The van der Waals surface area contributed by atoms with E-state index in [4.69, 9.17) is 4.74 Å². The second kappa shape index (κ2) is 8.19. The normalized spacial score (nSPS) is 17.6. The number of methoxy groups -OCH3 is 1. The molecule has 162 valence electrons. The van der Waals surface area contributed by atoms with E-state index in [0.717, 1.165) is 16.5 Å². The molecule has 32 heavy (non-hydrogen) atoms. The largest absolute Gasteiger partial charge is 0.508 e. The number of carbonyl (C=O) groups is 2. The Morgan fingerprint density at radius 2 is 1.75 bits per heavy atom. The molecule has 1 atom stereocenters. The van der Waals surface area contributed by atoms with Crippen LogP contribution in [0.3, 0.4) is 0 Å². The number of phenolic OH excluding ortho intramolecular Hbond substituents is 1. The average molecular weight is 433 g/mol. The maximum Gasteiger partial charge on any atom is 0.300 e. The average Bonchev–Trinajstić information content (AvgIpc) is 3.04. The number of ketones is 1. The van der Waals surface area contributed by atoms with Crippen LogP contribution in [0.5, 0.6) is 11.5 Å². The Hall–Kier alpha value is -4.13. The van der Waals surface area contributed by atoms with E-state index >= 15 is 0 Å². The lowest BCUT2D eigenvalue weighted by atomic mass is 9.94. The highest BCUT2D eigenvalue weighted by molar-refractivity contribution is 6.51. The number of ether oxygens (including phenoxy) is 1. The summed E-state index contributed by atoms with van der Waals surface area (Å²) < 4.78 is 19.2. The Balaban J connectivity index is 1.94. The van der Waals surface area contributed by atoms with Gasteiger partial charge in [0.05, 0.1) is 18.7 Å². The summed E-state index contributed by atoms with van der Waals surface area (Å²) >= 11 is 0. The molecule has 0 saturated carbocycles. The van der Waals surface area contributed by atoms with Crippen LogP contribution < -0.4 is 9.64 Å². The highest BCUT2D eigenvalue weighted by Gasteiger charge is 2.47. The molecule has 1 unspecified atom stereocenters. The molecular formula is C25H20FNO5. The number of phenols is 1. The summed E-state index contributed by atoms with van der Waals surface area (Å²) in [6, 6.07) is 15.1. The van der Waals surface area contributed by atoms with Gasteiger partial charge in [-0.2, -0.15) is 0 Å². The van der Waals surface area contributed by atoms with Crippen molar-refractivity contribution >= 4 is 23.1 Å². The summed E-state index contributed by atoms with van der Waals surface area (Å²) in [5, 5.41) is 20.8. The van der Waals surface area contributed by atoms with Gasteiger partial charge in [0, 0.05) is 11.3 Å². The topological polar surface area (TPSA) is 87.1 Å². The van der Waals surface area contributed by atoms with Crippen LogP contribution in [0, 0.1) is 12.7 Å². The number of nitrogens with zero attached hydrogens (tertiary/aromatic N) is 1. The van der Waals surface area contributed by atoms with Crippen LogP contribution in [0.15, 0.2) is 72.3 Å². The highest BCUT2D eigenvalue weighted by atomic mass is 19.1. The van der Waals surface area contributed by atoms with Gasteiger partial charge in [-0.1, -0.05) is 18.2 Å². The molecule has 2 N–H and O–H groups in total. The molecule has 1 aliphatic rings. The van der Waals surface area contributed by atoms with E-state index in [2.05, 4.69) is 0 Å². The van der Waals surface area contributed by atoms with Crippen molar-refractivity contribution in [1.82, 2.24) is 0 Å². The van der Waals surface area contributed by atoms with Crippen molar-refractivity contribution < 1.29 is 28.9 Å². The number of aryl methyl sites for hydroxylation is 1. The van der Waals surface area contributed by atoms with Crippen molar-refractivity contribution in [2.24, 2.45) is 0 Å². The molecule has 0 aromatic heterocycles. The van der Waals surface area contributed by atoms with Gasteiger partial charge in [0.25, 0.3) is 11.7 Å². The maximum atomic E-state index is 13.9. The Labute approximate surface area is 183 Å². The number of rotatable bonds is 4. The number of hydrogen-bond donors (Lipinski definition) is 2. The molecule has 0 bridgehead atoms. The Kier molecular flexibility index (Phi) is 5.40. The van der Waals surface area contributed by atoms with E-state index < -0.39 is 23.5 Å². The molecule has 4 rings (SSSR count). The Bertz CT molecular complexity index is 1250. The van der Waals surface area contributed by atoms with Crippen LogP contribution in [0.1, 0.15) is 22.7 Å². The number of carbonyl (C=O) groups excluding carboxylic acids is 2. The first-order chi connectivity index (χ1) is 15.3. The molecule has 1 heterocycles. The number of halogens is 1. The van der Waals surface area contributed by atoms with Crippen LogP contribution in [0.2, 0.25) is 0 Å². The molecule has 0 aliphatic carbocycles. The summed E-state index contributed by atoms with van der Waals surface area (Å²) in [7, 11) is 1.53. The zero-order chi connectivity index (χ0) is 23.0. The molecule has 7 heteroatoms. The number of Topliss-reactive ketones (excluding diaryl/α,β-unsaturated/α-hetero) is 1. The van der Waals surface area contributed by atoms with Crippen LogP contribution >= 0.6 is 0 Å². The lowest BCUT2D eigenvalue weighted by molar-refractivity contribution is -0.132. The number of benzene rings is 3. The van der Waals surface area contributed by atoms with Gasteiger partial charge in [-0.15, -0.1) is 0 Å². The zero-order valence-corrected chi connectivity index (χ0v) is 17.4. The van der Waals surface area contributed by atoms with Crippen LogP contribution in [0.4, 0.5) is 10.1 Å². The fraction of sp³-hybridized carbons (Fsp3) is 0.120. The number of amides is 1. The molecule has 3 aromatic carbocycles. The van der Waals surface area contributed by atoms with Gasteiger partial charge >= 0.3 is 0 Å². The summed E-state index contributed by atoms with van der Waals surface area (Å²) in [5.74, 6) is -2.09. The van der Waals surface area contributed by atoms with E-state index in [-0.39, 0.29) is 22.8 Å². The van der Waals surface area contributed by atoms with Crippen LogP contribution in [0.25, 0.3) is 5.76 Å². The lowest BCUT2D eigenvalue weighted by Gasteiger charge is -2.25. The number of anilines is 1. The van der Waals surface area contributed by atoms with Gasteiger partial charge in [-0.3, -0.25) is 14.5 Å². The first-order valence-electron chi connectivity index (χ1n) is 9.82. The van der Waals surface area contributed by atoms with E-state index in [1.165, 1.54) is 37.4 Å². The Morgan fingerprint density at radius 3 is 2.38 bits per heavy atom. The predicted molar refractivity (Wildman–Crippen MR) is 117 cm³/mol. The number of aliphatic hydroxyl groups is 1. The minimum atomic E-state index is -1.01. The van der Waals surface area contributed by atoms with Crippen LogP contribution in [-0.4, -0.2) is 29.0 Å². The molecule has 6 nitrogen and oxygen atoms in total. The standard InChI is InChI=1S/C25H20FNO5/c1-14-12-16(8-11-20(14)32-2)23(29)21-22(15-6-9-19(28)10-7-15)27(25(31)24(21)30)18-5-3-4-17(26)13-18/h3-13,22,28-29H,1-2H3/b23-21+. The second-order valence-electron chi connectivity index (χ2n) is 7.42. The van der Waals surface area contributed by atoms with E-state index in [1.807, 2.05) is 0 Å². The van der Waals surface area contributed by atoms with Crippen molar-refractivity contribution in [2.75, 3.05) is 12.0 Å². The smallest absolute Gasteiger partial charge is 0.300 e. The van der Waals surface area contributed by atoms with E-state index in [9.17, 15) is 24.2 Å². The lowest BCUT2D eigenvalue weighted by Crippen LogP contribution is -2.29. The van der Waals surface area contributed by atoms with Crippen molar-refractivity contribution in [3.05, 3.63) is 94.8 Å². The second-order valence-corrected chi connectivity index (χ2v) is 7.42. The highest BCUT2D eigenvalue weighted by Crippen LogP contribution is 2.42. The summed E-state index contributed by atoms with van der Waals surface area (Å²) in [5.41, 5.74) is 1.59. The first kappa shape index (κ1) is 21.1. The first-order valence-corrected chi connectivity index (χ1v) is 9.82. The SMILES string of the molecule is COc1ccc(/C(O)=C2\C(=O)C(=O)N(c3cccc(F)c3)C2c2ccc(O)cc2)cc1C. The molecule has 0 spiro atoms. The van der Waals surface area contributed by atoms with E-state index in [0.29, 0.717) is 16.9 Å². The van der Waals surface area contributed by atoms with Crippen molar-refractivity contribution in [1.29, 1.82) is 0 Å². The summed E-state index contributed by atoms with van der Waals surface area (Å²) in [6.07, 6.45) is 0. The van der Waals surface area contributed by atoms with Gasteiger partial charge < -0.3 is 14.9 Å². The van der Waals surface area contributed by atoms with Gasteiger partial charge in [-0.25, -0.2) is 4.39 Å². The molecule has 3 aromatic rings. The summed E-state index contributed by atoms with van der Waals surface area (Å²) in [4.78, 5) is 27.2. The van der Waals surface area contributed by atoms with Crippen molar-refractivity contribution in [2.45, 2.75) is 13.0 Å². The fourth-order valence-corrected chi connectivity index (χ4v) is 3.88. The quantitative estimate of drug-likeness (QED) is 0.360. The minimum absolute atomic E-state index is 0.00207. The molecule has 1 aliphatic heterocycles. The van der Waals surface area contributed by atoms with Gasteiger partial charge in [0.15, 0.2) is 0 Å². The maximum absolute atomic E-state index is 13.9. The fourth-order valence-electron chi connectivity index (χ4n) is 3.88. The van der Waals surface area contributed by atoms with Crippen LogP contribution in [-0.2, 0) is 9.59 Å². The third-order valence-corrected chi connectivity index (χ3v) is 5.41. The number of aliphatic hydroxyl groups excluding tert-OH is 1. The monoisotopic (exact) mass is 433 g/mol.